The van der Waals surface area contributed by atoms with Crippen molar-refractivity contribution in [3.63, 3.8) is 0 Å². The normalized spacial score (nSPS) is 12.3. The summed E-state index contributed by atoms with van der Waals surface area (Å²) in [5.41, 5.74) is 1.32. The first kappa shape index (κ1) is 27.8. The van der Waals surface area contributed by atoms with E-state index in [2.05, 4.69) is 11.7 Å². The lowest BCUT2D eigenvalue weighted by atomic mass is 10.0. The number of benzene rings is 2. The van der Waals surface area contributed by atoms with Crippen molar-refractivity contribution >= 4 is 11.0 Å². The SMILES string of the molecule is CCCCCc1ccc(-c2cc3ccc(OCCCC(F)(F)CCCO)cc3o2)c(OC(F)(F)F)c1. The van der Waals surface area contributed by atoms with Gasteiger partial charge in [0, 0.05) is 30.9 Å². The van der Waals surface area contributed by atoms with Crippen molar-refractivity contribution in [2.24, 2.45) is 0 Å². The van der Waals surface area contributed by atoms with E-state index in [4.69, 9.17) is 14.3 Å². The molecule has 0 fully saturated rings. The van der Waals surface area contributed by atoms with Gasteiger partial charge in [0.25, 0.3) is 0 Å². The predicted octanol–water partition coefficient (Wildman–Crippen LogP) is 8.30. The summed E-state index contributed by atoms with van der Waals surface area (Å²) in [6.07, 6.45) is -1.89. The molecule has 9 heteroatoms. The highest BCUT2D eigenvalue weighted by Crippen LogP contribution is 2.38. The monoisotopic (exact) mass is 514 g/mol. The topological polar surface area (TPSA) is 51.8 Å². The highest BCUT2D eigenvalue weighted by molar-refractivity contribution is 5.85. The summed E-state index contributed by atoms with van der Waals surface area (Å²) >= 11 is 0. The Labute approximate surface area is 207 Å². The summed E-state index contributed by atoms with van der Waals surface area (Å²) in [5.74, 6) is -2.56. The zero-order chi connectivity index (χ0) is 26.2. The molecule has 3 rings (SSSR count). The lowest BCUT2D eigenvalue weighted by Crippen LogP contribution is -2.17. The van der Waals surface area contributed by atoms with Gasteiger partial charge in [-0.1, -0.05) is 25.8 Å². The Balaban J connectivity index is 1.73. The van der Waals surface area contributed by atoms with Gasteiger partial charge in [-0.15, -0.1) is 13.2 Å². The van der Waals surface area contributed by atoms with E-state index in [1.165, 1.54) is 6.07 Å². The third-order valence-corrected chi connectivity index (χ3v) is 5.75. The minimum absolute atomic E-state index is 0.0443. The molecule has 198 valence electrons. The Hall–Kier alpha value is -2.81. The number of hydrogen-bond acceptors (Lipinski definition) is 4. The number of unbranched alkanes of at least 4 members (excludes halogenated alkanes) is 2. The van der Waals surface area contributed by atoms with Crippen molar-refractivity contribution in [3.05, 3.63) is 48.0 Å². The minimum Gasteiger partial charge on any atom is -0.493 e. The molecule has 0 bridgehead atoms. The second-order valence-electron chi connectivity index (χ2n) is 8.78. The van der Waals surface area contributed by atoms with Gasteiger partial charge in [0.1, 0.15) is 22.8 Å². The molecule has 4 nitrogen and oxygen atoms in total. The zero-order valence-electron chi connectivity index (χ0n) is 20.2. The van der Waals surface area contributed by atoms with Gasteiger partial charge in [0.05, 0.1) is 12.2 Å². The van der Waals surface area contributed by atoms with Crippen LogP contribution < -0.4 is 9.47 Å². The molecular formula is C27H31F5O4. The van der Waals surface area contributed by atoms with E-state index in [9.17, 15) is 22.0 Å². The molecule has 0 amide bonds. The first-order valence-corrected chi connectivity index (χ1v) is 12.1. The molecule has 1 N–H and O–H groups in total. The van der Waals surface area contributed by atoms with Gasteiger partial charge in [0.2, 0.25) is 5.92 Å². The molecule has 0 radical (unpaired) electrons. The van der Waals surface area contributed by atoms with E-state index >= 15 is 0 Å². The number of fused-ring (bicyclic) bond motifs is 1. The first-order valence-electron chi connectivity index (χ1n) is 12.1. The number of halogens is 5. The zero-order valence-corrected chi connectivity index (χ0v) is 20.2. The molecule has 2 aromatic carbocycles. The maximum Gasteiger partial charge on any atom is 0.573 e. The summed E-state index contributed by atoms with van der Waals surface area (Å²) in [4.78, 5) is 0. The van der Waals surface area contributed by atoms with Crippen molar-refractivity contribution < 1.29 is 40.9 Å². The maximum atomic E-state index is 13.7. The predicted molar refractivity (Wildman–Crippen MR) is 128 cm³/mol. The smallest absolute Gasteiger partial charge is 0.493 e. The number of alkyl halides is 5. The minimum atomic E-state index is -4.85. The average Bonchev–Trinajstić information content (AvgIpc) is 3.23. The van der Waals surface area contributed by atoms with Crippen LogP contribution in [0.4, 0.5) is 22.0 Å². The van der Waals surface area contributed by atoms with Crippen LogP contribution in [-0.2, 0) is 6.42 Å². The molecule has 0 saturated heterocycles. The molecule has 0 saturated carbocycles. The molecule has 0 spiro atoms. The van der Waals surface area contributed by atoms with Crippen LogP contribution >= 0.6 is 0 Å². The Morgan fingerprint density at radius 2 is 1.67 bits per heavy atom. The van der Waals surface area contributed by atoms with Crippen LogP contribution in [0.25, 0.3) is 22.3 Å². The standard InChI is InChI=1S/C27H31F5O4/c1-2-3-4-7-19-8-11-22(25(16-19)36-27(30,31)32)24-17-20-9-10-21(18-23(20)35-24)34-15-6-13-26(28,29)12-5-14-33/h8-11,16-18,33H,2-7,12-15H2,1H3. The van der Waals surface area contributed by atoms with Crippen LogP contribution in [0, 0.1) is 0 Å². The van der Waals surface area contributed by atoms with Gasteiger partial charge in [0.15, 0.2) is 0 Å². The summed E-state index contributed by atoms with van der Waals surface area (Å²) < 4.78 is 82.3. The summed E-state index contributed by atoms with van der Waals surface area (Å²) in [7, 11) is 0. The molecule has 0 atom stereocenters. The molecule has 0 unspecified atom stereocenters. The number of hydrogen-bond donors (Lipinski definition) is 1. The number of ether oxygens (including phenoxy) is 2. The van der Waals surface area contributed by atoms with E-state index in [-0.39, 0.29) is 56.0 Å². The lowest BCUT2D eigenvalue weighted by Gasteiger charge is -2.15. The molecule has 1 aromatic heterocycles. The van der Waals surface area contributed by atoms with Crippen molar-refractivity contribution in [1.82, 2.24) is 0 Å². The van der Waals surface area contributed by atoms with Gasteiger partial charge >= 0.3 is 6.36 Å². The van der Waals surface area contributed by atoms with Crippen molar-refractivity contribution in [1.29, 1.82) is 0 Å². The van der Waals surface area contributed by atoms with Crippen molar-refractivity contribution in [2.75, 3.05) is 13.2 Å². The fourth-order valence-corrected chi connectivity index (χ4v) is 3.93. The third kappa shape index (κ3) is 8.40. The Morgan fingerprint density at radius 3 is 2.39 bits per heavy atom. The summed E-state index contributed by atoms with van der Waals surface area (Å²) in [6, 6.07) is 11.3. The summed E-state index contributed by atoms with van der Waals surface area (Å²) in [6.45, 7) is 1.85. The molecule has 36 heavy (non-hydrogen) atoms. The van der Waals surface area contributed by atoms with Gasteiger partial charge in [-0.2, -0.15) is 0 Å². The summed E-state index contributed by atoms with van der Waals surface area (Å²) in [5, 5.41) is 9.35. The Bertz CT molecular complexity index is 1110. The Kier molecular flexibility index (Phi) is 9.59. The third-order valence-electron chi connectivity index (χ3n) is 5.75. The molecule has 0 aliphatic heterocycles. The molecule has 1 heterocycles. The quantitative estimate of drug-likeness (QED) is 0.174. The van der Waals surface area contributed by atoms with E-state index in [1.54, 1.807) is 36.4 Å². The second kappa shape index (κ2) is 12.4. The van der Waals surface area contributed by atoms with E-state index in [1.807, 2.05) is 0 Å². The fourth-order valence-electron chi connectivity index (χ4n) is 3.93. The van der Waals surface area contributed by atoms with Crippen LogP contribution in [0.1, 0.15) is 57.4 Å². The second-order valence-corrected chi connectivity index (χ2v) is 8.78. The first-order chi connectivity index (χ1) is 17.1. The largest absolute Gasteiger partial charge is 0.573 e. The van der Waals surface area contributed by atoms with Gasteiger partial charge in [-0.05, 0) is 61.6 Å². The average molecular weight is 515 g/mol. The highest BCUT2D eigenvalue weighted by atomic mass is 19.4. The van der Waals surface area contributed by atoms with E-state index in [0.717, 1.165) is 24.8 Å². The number of aliphatic hydroxyl groups is 1. The number of aliphatic hydroxyl groups excluding tert-OH is 1. The van der Waals surface area contributed by atoms with Gasteiger partial charge in [-0.25, -0.2) is 8.78 Å². The van der Waals surface area contributed by atoms with Gasteiger partial charge < -0.3 is 19.0 Å². The molecular weight excluding hydrogens is 483 g/mol. The number of aryl methyl sites for hydroxylation is 1. The van der Waals surface area contributed by atoms with Crippen LogP contribution in [-0.4, -0.2) is 30.6 Å². The van der Waals surface area contributed by atoms with Crippen LogP contribution in [0.5, 0.6) is 11.5 Å². The number of furan rings is 1. The van der Waals surface area contributed by atoms with Crippen LogP contribution in [0.2, 0.25) is 0 Å². The van der Waals surface area contributed by atoms with E-state index < -0.39 is 12.3 Å². The van der Waals surface area contributed by atoms with Crippen molar-refractivity contribution in [2.45, 2.75) is 70.6 Å². The lowest BCUT2D eigenvalue weighted by molar-refractivity contribution is -0.274. The number of rotatable bonds is 14. The molecule has 0 aliphatic carbocycles. The van der Waals surface area contributed by atoms with Crippen molar-refractivity contribution in [3.8, 4) is 22.8 Å². The Morgan fingerprint density at radius 1 is 0.889 bits per heavy atom. The van der Waals surface area contributed by atoms with Crippen LogP contribution in [0.3, 0.4) is 0 Å². The molecule has 0 aliphatic rings. The highest BCUT2D eigenvalue weighted by Gasteiger charge is 2.33. The molecule has 3 aromatic rings. The maximum absolute atomic E-state index is 13.7. The van der Waals surface area contributed by atoms with Crippen LogP contribution in [0.15, 0.2) is 46.9 Å². The fraction of sp³-hybridized carbons (Fsp3) is 0.481. The van der Waals surface area contributed by atoms with Gasteiger partial charge in [-0.3, -0.25) is 0 Å². The van der Waals surface area contributed by atoms with E-state index in [0.29, 0.717) is 23.1 Å².